The number of aryl methyl sites for hydroxylation is 1. The van der Waals surface area contributed by atoms with Crippen LogP contribution < -0.4 is 15.0 Å². The Hall–Kier alpha value is -3.02. The number of amides is 3. The molecule has 2 aliphatic rings. The zero-order valence-electron chi connectivity index (χ0n) is 19.2. The van der Waals surface area contributed by atoms with Gasteiger partial charge in [-0.05, 0) is 87.4 Å². The molecule has 4 rings (SSSR count). The summed E-state index contributed by atoms with van der Waals surface area (Å²) in [6, 6.07) is 15.5. The molecule has 1 aliphatic heterocycles. The second-order valence-corrected chi connectivity index (χ2v) is 9.07. The molecule has 170 valence electrons. The predicted molar refractivity (Wildman–Crippen MR) is 127 cm³/mol. The summed E-state index contributed by atoms with van der Waals surface area (Å²) in [7, 11) is 1.64. The molecule has 6 heteroatoms. The monoisotopic (exact) mass is 435 g/mol. The highest BCUT2D eigenvalue weighted by atomic mass is 16.5. The zero-order valence-corrected chi connectivity index (χ0v) is 19.2. The fraction of sp³-hybridized carbons (Fsp3) is 0.462. The number of methoxy groups -OCH3 is 1. The van der Waals surface area contributed by atoms with Crippen molar-refractivity contribution >= 4 is 23.3 Å². The van der Waals surface area contributed by atoms with Crippen molar-refractivity contribution in [1.82, 2.24) is 4.90 Å². The van der Waals surface area contributed by atoms with Crippen LogP contribution in [0.5, 0.6) is 5.75 Å². The van der Waals surface area contributed by atoms with Gasteiger partial charge in [0.2, 0.25) is 5.91 Å². The largest absolute Gasteiger partial charge is 0.497 e. The van der Waals surface area contributed by atoms with Crippen LogP contribution in [0.2, 0.25) is 0 Å². The van der Waals surface area contributed by atoms with Crippen molar-refractivity contribution in [2.24, 2.45) is 11.8 Å². The third-order valence-electron chi connectivity index (χ3n) is 6.63. The van der Waals surface area contributed by atoms with E-state index >= 15 is 0 Å². The number of urea groups is 1. The summed E-state index contributed by atoms with van der Waals surface area (Å²) in [4.78, 5) is 30.4. The minimum atomic E-state index is -0.199. The van der Waals surface area contributed by atoms with Crippen LogP contribution in [0.1, 0.15) is 38.2 Å². The zero-order chi connectivity index (χ0) is 22.7. The second kappa shape index (κ2) is 9.63. The Balaban J connectivity index is 1.48. The Morgan fingerprint density at radius 3 is 2.53 bits per heavy atom. The Morgan fingerprint density at radius 2 is 1.88 bits per heavy atom. The molecule has 2 unspecified atom stereocenters. The summed E-state index contributed by atoms with van der Waals surface area (Å²) in [5, 5.41) is 2.98. The molecule has 1 heterocycles. The molecule has 0 radical (unpaired) electrons. The number of hydrogen-bond donors (Lipinski definition) is 1. The molecule has 1 N–H and O–H groups in total. The van der Waals surface area contributed by atoms with Gasteiger partial charge in [0.05, 0.1) is 13.0 Å². The number of benzene rings is 2. The fourth-order valence-electron chi connectivity index (χ4n) is 4.58. The Kier molecular flexibility index (Phi) is 6.68. The van der Waals surface area contributed by atoms with E-state index in [1.54, 1.807) is 12.0 Å². The van der Waals surface area contributed by atoms with Gasteiger partial charge in [0.25, 0.3) is 0 Å². The maximum absolute atomic E-state index is 13.7. The van der Waals surface area contributed by atoms with Gasteiger partial charge in [0.1, 0.15) is 5.75 Å². The van der Waals surface area contributed by atoms with E-state index in [4.69, 9.17) is 4.74 Å². The third-order valence-corrected chi connectivity index (χ3v) is 6.63. The minimum Gasteiger partial charge on any atom is -0.497 e. The van der Waals surface area contributed by atoms with Crippen LogP contribution in [-0.2, 0) is 4.79 Å². The summed E-state index contributed by atoms with van der Waals surface area (Å²) in [5.41, 5.74) is 2.78. The summed E-state index contributed by atoms with van der Waals surface area (Å²) in [6.45, 7) is 5.26. The van der Waals surface area contributed by atoms with Crippen molar-refractivity contribution in [3.63, 3.8) is 0 Å². The first-order valence-electron chi connectivity index (χ1n) is 11.6. The molecule has 32 heavy (non-hydrogen) atoms. The first-order chi connectivity index (χ1) is 15.5. The van der Waals surface area contributed by atoms with Crippen LogP contribution in [0.4, 0.5) is 16.2 Å². The number of hydrogen-bond acceptors (Lipinski definition) is 3. The average Bonchev–Trinajstić information content (AvgIpc) is 3.65. The summed E-state index contributed by atoms with van der Waals surface area (Å²) < 4.78 is 5.29. The quantitative estimate of drug-likeness (QED) is 0.688. The molecule has 0 aromatic heterocycles. The van der Waals surface area contributed by atoms with Gasteiger partial charge in [-0.15, -0.1) is 0 Å². The molecule has 1 saturated carbocycles. The number of carbonyl (C=O) groups is 2. The molecular weight excluding hydrogens is 402 g/mol. The predicted octanol–water partition coefficient (Wildman–Crippen LogP) is 5.08. The van der Waals surface area contributed by atoms with Crippen molar-refractivity contribution < 1.29 is 14.3 Å². The molecule has 0 bridgehead atoms. The molecular formula is C26H33N3O3. The highest BCUT2D eigenvalue weighted by molar-refractivity contribution is 5.97. The van der Waals surface area contributed by atoms with Crippen LogP contribution in [0.3, 0.4) is 0 Å². The number of likely N-dealkylation sites (tertiary alicyclic amines) is 1. The lowest BCUT2D eigenvalue weighted by atomic mass is 9.95. The lowest BCUT2D eigenvalue weighted by Crippen LogP contribution is -2.50. The number of anilines is 2. The molecule has 2 fully saturated rings. The highest BCUT2D eigenvalue weighted by Crippen LogP contribution is 2.38. The van der Waals surface area contributed by atoms with Gasteiger partial charge >= 0.3 is 6.03 Å². The van der Waals surface area contributed by atoms with Crippen molar-refractivity contribution in [2.45, 2.75) is 45.6 Å². The lowest BCUT2D eigenvalue weighted by molar-refractivity contribution is -0.124. The standard InChI is InChI=1S/C26H33N3O3/c1-18-6-4-8-22(16-18)27-26(31)28-15-5-7-21(17-28)25(30)29(19(2)20-9-10-20)23-11-13-24(32-3)14-12-23/h4,6,8,11-14,16,19-21H,5,7,9-10,15,17H2,1-3H3,(H,27,31). The smallest absolute Gasteiger partial charge is 0.321 e. The number of ether oxygens (including phenoxy) is 1. The SMILES string of the molecule is COc1ccc(N(C(=O)C2CCCN(C(=O)Nc3cccc(C)c3)C2)C(C)C2CC2)cc1. The first kappa shape index (κ1) is 22.2. The molecule has 2 atom stereocenters. The topological polar surface area (TPSA) is 61.9 Å². The minimum absolute atomic E-state index is 0.114. The van der Waals surface area contributed by atoms with E-state index in [1.807, 2.05) is 60.4 Å². The van der Waals surface area contributed by atoms with Crippen LogP contribution in [0.15, 0.2) is 48.5 Å². The molecule has 1 aliphatic carbocycles. The van der Waals surface area contributed by atoms with Gasteiger partial charge in [-0.3, -0.25) is 4.79 Å². The van der Waals surface area contributed by atoms with Crippen molar-refractivity contribution in [3.05, 3.63) is 54.1 Å². The lowest BCUT2D eigenvalue weighted by Gasteiger charge is -2.37. The summed E-state index contributed by atoms with van der Waals surface area (Å²) in [5.74, 6) is 1.24. The summed E-state index contributed by atoms with van der Waals surface area (Å²) >= 11 is 0. The molecule has 3 amide bonds. The maximum atomic E-state index is 13.7. The molecule has 2 aromatic carbocycles. The van der Waals surface area contributed by atoms with Crippen molar-refractivity contribution in [2.75, 3.05) is 30.4 Å². The first-order valence-corrected chi connectivity index (χ1v) is 11.6. The highest BCUT2D eigenvalue weighted by Gasteiger charge is 2.39. The molecule has 1 saturated heterocycles. The number of rotatable bonds is 6. The number of piperidine rings is 1. The van der Waals surface area contributed by atoms with Gasteiger partial charge < -0.3 is 19.9 Å². The van der Waals surface area contributed by atoms with E-state index in [9.17, 15) is 9.59 Å². The molecule has 6 nitrogen and oxygen atoms in total. The Labute approximate surface area is 190 Å². The van der Waals surface area contributed by atoms with E-state index in [0.29, 0.717) is 19.0 Å². The van der Waals surface area contributed by atoms with Crippen LogP contribution in [0.25, 0.3) is 0 Å². The van der Waals surface area contributed by atoms with Gasteiger partial charge in [-0.25, -0.2) is 4.79 Å². The second-order valence-electron chi connectivity index (χ2n) is 9.07. The van der Waals surface area contributed by atoms with E-state index in [0.717, 1.165) is 48.4 Å². The van der Waals surface area contributed by atoms with Crippen LogP contribution in [-0.4, -0.2) is 43.1 Å². The van der Waals surface area contributed by atoms with Crippen molar-refractivity contribution in [1.29, 1.82) is 0 Å². The van der Waals surface area contributed by atoms with Crippen LogP contribution >= 0.6 is 0 Å². The van der Waals surface area contributed by atoms with E-state index in [1.165, 1.54) is 0 Å². The Morgan fingerprint density at radius 1 is 1.12 bits per heavy atom. The van der Waals surface area contributed by atoms with Crippen LogP contribution in [0, 0.1) is 18.8 Å². The van der Waals surface area contributed by atoms with Gasteiger partial charge in [-0.1, -0.05) is 12.1 Å². The third kappa shape index (κ3) is 5.06. The molecule has 0 spiro atoms. The normalized spacial score (nSPS) is 19.2. The number of nitrogens with zero attached hydrogens (tertiary/aromatic N) is 2. The number of carbonyl (C=O) groups excluding carboxylic acids is 2. The fourth-order valence-corrected chi connectivity index (χ4v) is 4.58. The van der Waals surface area contributed by atoms with E-state index in [-0.39, 0.29) is 23.9 Å². The Bertz CT molecular complexity index is 955. The van der Waals surface area contributed by atoms with E-state index in [2.05, 4.69) is 12.2 Å². The maximum Gasteiger partial charge on any atom is 0.321 e. The van der Waals surface area contributed by atoms with Gasteiger partial charge in [0, 0.05) is 30.5 Å². The van der Waals surface area contributed by atoms with E-state index < -0.39 is 0 Å². The summed E-state index contributed by atoms with van der Waals surface area (Å²) in [6.07, 6.45) is 3.95. The van der Waals surface area contributed by atoms with Gasteiger partial charge in [0.15, 0.2) is 0 Å². The van der Waals surface area contributed by atoms with Gasteiger partial charge in [-0.2, -0.15) is 0 Å². The number of nitrogens with one attached hydrogen (secondary N) is 1. The average molecular weight is 436 g/mol. The molecule has 2 aromatic rings. The van der Waals surface area contributed by atoms with Crippen molar-refractivity contribution in [3.8, 4) is 5.75 Å².